The van der Waals surface area contributed by atoms with E-state index in [4.69, 9.17) is 5.84 Å². The van der Waals surface area contributed by atoms with Gasteiger partial charge in [-0.1, -0.05) is 30.3 Å². The third-order valence-electron chi connectivity index (χ3n) is 3.96. The Bertz CT molecular complexity index is 656. The summed E-state index contributed by atoms with van der Waals surface area (Å²) in [5.41, 5.74) is 7.55. The minimum Gasteiger partial charge on any atom is -0.349 e. The van der Waals surface area contributed by atoms with Crippen LogP contribution >= 0.6 is 0 Å². The second-order valence-electron chi connectivity index (χ2n) is 5.54. The highest BCUT2D eigenvalue weighted by Gasteiger charge is 2.23. The molecule has 2 aromatic rings. The Morgan fingerprint density at radius 1 is 1.14 bits per heavy atom. The predicted octanol–water partition coefficient (Wildman–Crippen LogP) is 2.18. The van der Waals surface area contributed by atoms with E-state index in [0.717, 1.165) is 18.4 Å². The Kier molecular flexibility index (Phi) is 3.62. The monoisotopic (exact) mass is 281 g/mol. The van der Waals surface area contributed by atoms with Crippen molar-refractivity contribution in [2.75, 3.05) is 5.43 Å². The molecule has 0 radical (unpaired) electrons. The molecule has 1 aliphatic carbocycles. The first-order chi connectivity index (χ1) is 10.2. The molecule has 0 unspecified atom stereocenters. The van der Waals surface area contributed by atoms with Gasteiger partial charge in [0.2, 0.25) is 0 Å². The fourth-order valence-corrected chi connectivity index (χ4v) is 2.90. The fraction of sp³-hybridized carbons (Fsp3) is 0.235. The van der Waals surface area contributed by atoms with E-state index in [1.54, 1.807) is 0 Å². The highest BCUT2D eigenvalue weighted by Crippen LogP contribution is 2.23. The van der Waals surface area contributed by atoms with E-state index in [2.05, 4.69) is 22.9 Å². The number of hydrogen-bond acceptors (Lipinski definition) is 3. The number of amides is 1. The maximum Gasteiger partial charge on any atom is 0.253 e. The van der Waals surface area contributed by atoms with Gasteiger partial charge in [-0.3, -0.25) is 10.6 Å². The summed E-state index contributed by atoms with van der Waals surface area (Å²) in [7, 11) is 0. The number of benzene rings is 2. The van der Waals surface area contributed by atoms with Crippen LogP contribution in [0.5, 0.6) is 0 Å². The molecule has 4 N–H and O–H groups in total. The van der Waals surface area contributed by atoms with Crippen LogP contribution in [0.1, 0.15) is 27.0 Å². The third-order valence-corrected chi connectivity index (χ3v) is 3.96. The normalized spacial score (nSPS) is 13.8. The molecule has 0 spiro atoms. The predicted molar refractivity (Wildman–Crippen MR) is 84.1 cm³/mol. The Hall–Kier alpha value is -2.33. The summed E-state index contributed by atoms with van der Waals surface area (Å²) >= 11 is 0. The molecule has 0 aliphatic heterocycles. The topological polar surface area (TPSA) is 67.2 Å². The number of anilines is 1. The summed E-state index contributed by atoms with van der Waals surface area (Å²) in [4.78, 5) is 12.4. The Labute approximate surface area is 124 Å². The maximum absolute atomic E-state index is 12.4. The van der Waals surface area contributed by atoms with Gasteiger partial charge in [0.05, 0.1) is 11.3 Å². The molecular weight excluding hydrogens is 262 g/mol. The molecule has 2 aromatic carbocycles. The van der Waals surface area contributed by atoms with Gasteiger partial charge in [-0.25, -0.2) is 0 Å². The van der Waals surface area contributed by atoms with Crippen LogP contribution < -0.4 is 16.6 Å². The molecule has 1 amide bonds. The lowest BCUT2D eigenvalue weighted by molar-refractivity contribution is 0.0939. The van der Waals surface area contributed by atoms with E-state index in [0.29, 0.717) is 11.3 Å². The molecule has 0 heterocycles. The van der Waals surface area contributed by atoms with Crippen molar-refractivity contribution in [2.24, 2.45) is 5.84 Å². The van der Waals surface area contributed by atoms with Crippen molar-refractivity contribution >= 4 is 11.6 Å². The number of nitrogens with two attached hydrogens (primary N) is 1. The van der Waals surface area contributed by atoms with Gasteiger partial charge >= 0.3 is 0 Å². The van der Waals surface area contributed by atoms with Gasteiger partial charge in [0.15, 0.2) is 0 Å². The molecule has 4 heteroatoms. The van der Waals surface area contributed by atoms with E-state index in [1.807, 2.05) is 37.3 Å². The standard InChI is InChI=1S/C17H19N3O/c1-11-6-7-15(16(8-11)20-18)17(21)19-14-9-12-4-2-3-5-13(12)10-14/h2-8,14,20H,9-10,18H2,1H3,(H,19,21). The van der Waals surface area contributed by atoms with Gasteiger partial charge < -0.3 is 10.7 Å². The lowest BCUT2D eigenvalue weighted by Gasteiger charge is -2.14. The first-order valence-electron chi connectivity index (χ1n) is 7.12. The van der Waals surface area contributed by atoms with Gasteiger partial charge in [-0.05, 0) is 48.6 Å². The van der Waals surface area contributed by atoms with E-state index >= 15 is 0 Å². The Morgan fingerprint density at radius 2 is 1.81 bits per heavy atom. The van der Waals surface area contributed by atoms with Gasteiger partial charge in [0, 0.05) is 6.04 Å². The van der Waals surface area contributed by atoms with Crippen LogP contribution in [0.4, 0.5) is 5.69 Å². The van der Waals surface area contributed by atoms with Crippen LogP contribution in [0, 0.1) is 6.92 Å². The SMILES string of the molecule is Cc1ccc(C(=O)NC2Cc3ccccc3C2)c(NN)c1. The Morgan fingerprint density at radius 3 is 2.43 bits per heavy atom. The molecule has 0 fully saturated rings. The number of nitrogen functional groups attached to an aromatic ring is 1. The molecule has 3 rings (SSSR count). The second kappa shape index (κ2) is 5.58. The number of rotatable bonds is 3. The summed E-state index contributed by atoms with van der Waals surface area (Å²) in [5.74, 6) is 5.42. The molecular formula is C17H19N3O. The molecule has 1 aliphatic rings. The summed E-state index contributed by atoms with van der Waals surface area (Å²) in [6.45, 7) is 1.97. The molecule has 0 saturated carbocycles. The summed E-state index contributed by atoms with van der Waals surface area (Å²) < 4.78 is 0. The van der Waals surface area contributed by atoms with E-state index in [-0.39, 0.29) is 11.9 Å². The number of fused-ring (bicyclic) bond motifs is 1. The number of hydrogen-bond donors (Lipinski definition) is 3. The molecule has 0 saturated heterocycles. The largest absolute Gasteiger partial charge is 0.349 e. The average molecular weight is 281 g/mol. The zero-order valence-corrected chi connectivity index (χ0v) is 12.0. The molecule has 108 valence electrons. The number of hydrazine groups is 1. The number of nitrogens with one attached hydrogen (secondary N) is 2. The lowest BCUT2D eigenvalue weighted by Crippen LogP contribution is -2.35. The minimum absolute atomic E-state index is 0.0826. The quantitative estimate of drug-likeness (QED) is 0.596. The van der Waals surface area contributed by atoms with Crippen molar-refractivity contribution in [3.8, 4) is 0 Å². The van der Waals surface area contributed by atoms with E-state index < -0.39 is 0 Å². The van der Waals surface area contributed by atoms with Crippen molar-refractivity contribution in [3.05, 3.63) is 64.7 Å². The van der Waals surface area contributed by atoms with Crippen molar-refractivity contribution in [2.45, 2.75) is 25.8 Å². The molecule has 0 atom stereocenters. The van der Waals surface area contributed by atoms with Crippen LogP contribution in [-0.4, -0.2) is 11.9 Å². The Balaban J connectivity index is 1.74. The summed E-state index contributed by atoms with van der Waals surface area (Å²) in [6.07, 6.45) is 1.78. The van der Waals surface area contributed by atoms with Crippen molar-refractivity contribution in [1.82, 2.24) is 5.32 Å². The molecule has 4 nitrogen and oxygen atoms in total. The van der Waals surface area contributed by atoms with E-state index in [1.165, 1.54) is 11.1 Å². The zero-order valence-electron chi connectivity index (χ0n) is 12.0. The van der Waals surface area contributed by atoms with Crippen LogP contribution in [0.2, 0.25) is 0 Å². The van der Waals surface area contributed by atoms with Crippen molar-refractivity contribution < 1.29 is 4.79 Å². The van der Waals surface area contributed by atoms with Gasteiger partial charge in [-0.15, -0.1) is 0 Å². The highest BCUT2D eigenvalue weighted by molar-refractivity contribution is 5.99. The van der Waals surface area contributed by atoms with Crippen LogP contribution in [0.3, 0.4) is 0 Å². The lowest BCUT2D eigenvalue weighted by atomic mass is 10.1. The molecule has 0 bridgehead atoms. The number of carbonyl (C=O) groups excluding carboxylic acids is 1. The van der Waals surface area contributed by atoms with Crippen LogP contribution in [0.25, 0.3) is 0 Å². The minimum atomic E-state index is -0.0826. The van der Waals surface area contributed by atoms with Crippen molar-refractivity contribution in [1.29, 1.82) is 0 Å². The number of aryl methyl sites for hydroxylation is 1. The van der Waals surface area contributed by atoms with E-state index in [9.17, 15) is 4.79 Å². The summed E-state index contributed by atoms with van der Waals surface area (Å²) in [5, 5.41) is 3.10. The summed E-state index contributed by atoms with van der Waals surface area (Å²) in [6, 6.07) is 14.1. The smallest absolute Gasteiger partial charge is 0.253 e. The van der Waals surface area contributed by atoms with Crippen LogP contribution in [0.15, 0.2) is 42.5 Å². The van der Waals surface area contributed by atoms with Gasteiger partial charge in [0.25, 0.3) is 5.91 Å². The highest BCUT2D eigenvalue weighted by atomic mass is 16.1. The second-order valence-corrected chi connectivity index (χ2v) is 5.54. The first-order valence-corrected chi connectivity index (χ1v) is 7.12. The fourth-order valence-electron chi connectivity index (χ4n) is 2.90. The number of carbonyl (C=O) groups is 1. The van der Waals surface area contributed by atoms with Gasteiger partial charge in [0.1, 0.15) is 0 Å². The van der Waals surface area contributed by atoms with Crippen LogP contribution in [-0.2, 0) is 12.8 Å². The average Bonchev–Trinajstić information content (AvgIpc) is 2.88. The molecule has 21 heavy (non-hydrogen) atoms. The zero-order chi connectivity index (χ0) is 14.8. The first kappa shape index (κ1) is 13.6. The van der Waals surface area contributed by atoms with Crippen molar-refractivity contribution in [3.63, 3.8) is 0 Å². The third kappa shape index (κ3) is 2.76. The molecule has 0 aromatic heterocycles. The van der Waals surface area contributed by atoms with Gasteiger partial charge in [-0.2, -0.15) is 0 Å². The maximum atomic E-state index is 12.4.